The second kappa shape index (κ2) is 6.30. The van der Waals surface area contributed by atoms with E-state index in [1.54, 1.807) is 0 Å². The molecule has 4 heteroatoms. The van der Waals surface area contributed by atoms with E-state index in [0.29, 0.717) is 17.6 Å². The summed E-state index contributed by atoms with van der Waals surface area (Å²) in [6.45, 7) is 10.7. The van der Waals surface area contributed by atoms with Crippen molar-refractivity contribution in [2.75, 3.05) is 39.5 Å². The maximum atomic E-state index is 5.77. The van der Waals surface area contributed by atoms with E-state index in [4.69, 9.17) is 9.47 Å². The first-order valence-corrected chi connectivity index (χ1v) is 8.34. The summed E-state index contributed by atoms with van der Waals surface area (Å²) in [4.78, 5) is 2.65. The first-order valence-electron chi connectivity index (χ1n) is 8.34. The summed E-state index contributed by atoms with van der Waals surface area (Å²) in [5, 5.41) is 3.77. The van der Waals surface area contributed by atoms with Gasteiger partial charge in [-0.1, -0.05) is 0 Å². The fourth-order valence-electron chi connectivity index (χ4n) is 3.47. The number of rotatable bonds is 5. The van der Waals surface area contributed by atoms with Crippen LogP contribution in [0.1, 0.15) is 39.5 Å². The lowest BCUT2D eigenvalue weighted by atomic mass is 9.79. The minimum absolute atomic E-state index is 0.375. The Labute approximate surface area is 123 Å². The minimum atomic E-state index is 0.375. The van der Waals surface area contributed by atoms with Crippen LogP contribution in [-0.2, 0) is 9.47 Å². The molecular formula is C16H30N2O2. The van der Waals surface area contributed by atoms with Gasteiger partial charge < -0.3 is 14.8 Å². The van der Waals surface area contributed by atoms with Crippen molar-refractivity contribution in [3.05, 3.63) is 0 Å². The van der Waals surface area contributed by atoms with Gasteiger partial charge in [0.2, 0.25) is 0 Å². The van der Waals surface area contributed by atoms with Gasteiger partial charge in [-0.3, -0.25) is 4.90 Å². The lowest BCUT2D eigenvalue weighted by molar-refractivity contribution is -0.0779. The van der Waals surface area contributed by atoms with Crippen LogP contribution in [0, 0.1) is 5.41 Å². The highest BCUT2D eigenvalue weighted by Gasteiger charge is 2.38. The van der Waals surface area contributed by atoms with Crippen molar-refractivity contribution in [2.45, 2.75) is 57.7 Å². The molecule has 116 valence electrons. The summed E-state index contributed by atoms with van der Waals surface area (Å²) < 4.78 is 11.4. The van der Waals surface area contributed by atoms with Crippen LogP contribution < -0.4 is 5.32 Å². The number of ether oxygens (including phenoxy) is 2. The molecule has 2 heterocycles. The molecule has 1 aliphatic carbocycles. The van der Waals surface area contributed by atoms with Crippen LogP contribution in [0.15, 0.2) is 0 Å². The van der Waals surface area contributed by atoms with Gasteiger partial charge in [0.05, 0.1) is 12.7 Å². The number of hydrogen-bond acceptors (Lipinski definition) is 4. The largest absolute Gasteiger partial charge is 0.381 e. The maximum absolute atomic E-state index is 5.77. The first kappa shape index (κ1) is 14.8. The molecule has 3 rings (SSSR count). The standard InChI is InChI=1S/C16H30N2O2/c1-13-10-20-14(2)9-18(13)12-16(5-7-19-8-6-16)11-17-15-3-4-15/h13-15,17H,3-12H2,1-2H3. The number of hydrogen-bond donors (Lipinski definition) is 1. The van der Waals surface area contributed by atoms with Crippen molar-refractivity contribution in [1.82, 2.24) is 10.2 Å². The Morgan fingerprint density at radius 3 is 2.65 bits per heavy atom. The van der Waals surface area contributed by atoms with Gasteiger partial charge in [0.25, 0.3) is 0 Å². The third-order valence-corrected chi connectivity index (χ3v) is 5.17. The number of nitrogens with zero attached hydrogens (tertiary/aromatic N) is 1. The SMILES string of the molecule is CC1CN(CC2(CNC3CC3)CCOCC2)C(C)CO1. The van der Waals surface area contributed by atoms with Gasteiger partial charge in [0.1, 0.15) is 0 Å². The highest BCUT2D eigenvalue weighted by atomic mass is 16.5. The second-order valence-electron chi connectivity index (χ2n) is 7.19. The molecule has 0 aromatic heterocycles. The van der Waals surface area contributed by atoms with Crippen LogP contribution in [0.3, 0.4) is 0 Å². The van der Waals surface area contributed by atoms with Crippen molar-refractivity contribution in [3.63, 3.8) is 0 Å². The van der Waals surface area contributed by atoms with Gasteiger partial charge in [-0.2, -0.15) is 0 Å². The van der Waals surface area contributed by atoms with Gasteiger partial charge in [-0.15, -0.1) is 0 Å². The quantitative estimate of drug-likeness (QED) is 0.831. The summed E-state index contributed by atoms with van der Waals surface area (Å²) in [7, 11) is 0. The molecule has 0 radical (unpaired) electrons. The lowest BCUT2D eigenvalue weighted by Gasteiger charge is -2.45. The van der Waals surface area contributed by atoms with Crippen LogP contribution in [0.2, 0.25) is 0 Å². The molecule has 1 N–H and O–H groups in total. The Morgan fingerprint density at radius 2 is 1.95 bits per heavy atom. The van der Waals surface area contributed by atoms with Crippen molar-refractivity contribution >= 4 is 0 Å². The number of morpholine rings is 1. The summed E-state index contributed by atoms with van der Waals surface area (Å²) in [5.41, 5.74) is 0.409. The van der Waals surface area contributed by atoms with Crippen LogP contribution in [0.5, 0.6) is 0 Å². The van der Waals surface area contributed by atoms with E-state index in [-0.39, 0.29) is 0 Å². The van der Waals surface area contributed by atoms with Gasteiger partial charge >= 0.3 is 0 Å². The van der Waals surface area contributed by atoms with Crippen LogP contribution in [0.4, 0.5) is 0 Å². The molecule has 2 atom stereocenters. The Kier molecular flexibility index (Phi) is 4.65. The molecule has 3 aliphatic rings. The van der Waals surface area contributed by atoms with E-state index in [1.165, 1.54) is 38.8 Å². The monoisotopic (exact) mass is 282 g/mol. The molecule has 0 aromatic carbocycles. The summed E-state index contributed by atoms with van der Waals surface area (Å²) in [5.74, 6) is 0. The third kappa shape index (κ3) is 3.73. The molecule has 2 aliphatic heterocycles. The minimum Gasteiger partial charge on any atom is -0.381 e. The third-order valence-electron chi connectivity index (χ3n) is 5.17. The molecule has 2 unspecified atom stereocenters. The smallest absolute Gasteiger partial charge is 0.0674 e. The molecule has 0 amide bonds. The zero-order chi connectivity index (χ0) is 14.0. The zero-order valence-corrected chi connectivity index (χ0v) is 13.1. The highest BCUT2D eigenvalue weighted by Crippen LogP contribution is 2.33. The van der Waals surface area contributed by atoms with Crippen LogP contribution in [0.25, 0.3) is 0 Å². The molecule has 2 saturated heterocycles. The lowest BCUT2D eigenvalue weighted by Crippen LogP contribution is -2.54. The predicted molar refractivity (Wildman–Crippen MR) is 80.0 cm³/mol. The Balaban J connectivity index is 1.61. The van der Waals surface area contributed by atoms with Gasteiger partial charge in [-0.25, -0.2) is 0 Å². The zero-order valence-electron chi connectivity index (χ0n) is 13.1. The van der Waals surface area contributed by atoms with Gasteiger partial charge in [-0.05, 0) is 44.9 Å². The van der Waals surface area contributed by atoms with Crippen molar-refractivity contribution in [2.24, 2.45) is 5.41 Å². The van der Waals surface area contributed by atoms with Crippen molar-refractivity contribution in [3.8, 4) is 0 Å². The average molecular weight is 282 g/mol. The van der Waals surface area contributed by atoms with Crippen molar-refractivity contribution < 1.29 is 9.47 Å². The summed E-state index contributed by atoms with van der Waals surface area (Å²) >= 11 is 0. The second-order valence-corrected chi connectivity index (χ2v) is 7.19. The predicted octanol–water partition coefficient (Wildman–Crippen LogP) is 1.64. The Bertz CT molecular complexity index is 314. The molecule has 4 nitrogen and oxygen atoms in total. The van der Waals surface area contributed by atoms with E-state index in [9.17, 15) is 0 Å². The van der Waals surface area contributed by atoms with Crippen LogP contribution >= 0.6 is 0 Å². The van der Waals surface area contributed by atoms with Gasteiger partial charge in [0, 0.05) is 44.9 Å². The Hall–Kier alpha value is -0.160. The molecule has 0 bridgehead atoms. The van der Waals surface area contributed by atoms with Crippen molar-refractivity contribution in [1.29, 1.82) is 0 Å². The molecule has 3 fully saturated rings. The first-order chi connectivity index (χ1) is 9.67. The van der Waals surface area contributed by atoms with Gasteiger partial charge in [0.15, 0.2) is 0 Å². The van der Waals surface area contributed by atoms with E-state index in [2.05, 4.69) is 24.1 Å². The Morgan fingerprint density at radius 1 is 1.20 bits per heavy atom. The van der Waals surface area contributed by atoms with Crippen LogP contribution in [-0.4, -0.2) is 62.5 Å². The average Bonchev–Trinajstić information content (AvgIpc) is 3.26. The van der Waals surface area contributed by atoms with E-state index >= 15 is 0 Å². The van der Waals surface area contributed by atoms with E-state index in [1.807, 2.05) is 0 Å². The molecule has 20 heavy (non-hydrogen) atoms. The topological polar surface area (TPSA) is 33.7 Å². The van der Waals surface area contributed by atoms with E-state index < -0.39 is 0 Å². The fourth-order valence-corrected chi connectivity index (χ4v) is 3.47. The molecule has 0 aromatic rings. The molecule has 0 spiro atoms. The maximum Gasteiger partial charge on any atom is 0.0674 e. The normalized spacial score (nSPS) is 35.1. The van der Waals surface area contributed by atoms with E-state index in [0.717, 1.165) is 32.4 Å². The summed E-state index contributed by atoms with van der Waals surface area (Å²) in [6, 6.07) is 1.35. The fraction of sp³-hybridized carbons (Fsp3) is 1.00. The number of nitrogens with one attached hydrogen (secondary N) is 1. The molecule has 1 saturated carbocycles. The highest BCUT2D eigenvalue weighted by molar-refractivity contribution is 4.92. The summed E-state index contributed by atoms with van der Waals surface area (Å²) in [6.07, 6.45) is 5.52. The molecular weight excluding hydrogens is 252 g/mol.